The molecule has 20 heavy (non-hydrogen) atoms. The highest BCUT2D eigenvalue weighted by Gasteiger charge is 2.39. The van der Waals surface area contributed by atoms with Crippen molar-refractivity contribution in [2.45, 2.75) is 50.1 Å². The molecule has 10 heteroatoms. The Hall–Kier alpha value is -1.10. The van der Waals surface area contributed by atoms with Gasteiger partial charge < -0.3 is 10.4 Å². The van der Waals surface area contributed by atoms with E-state index >= 15 is 0 Å². The van der Waals surface area contributed by atoms with Crippen molar-refractivity contribution >= 4 is 32.4 Å². The number of anilines is 1. The minimum absolute atomic E-state index is 0.0962. The maximum absolute atomic E-state index is 12.2. The molecule has 0 unspecified atom stereocenters. The van der Waals surface area contributed by atoms with Gasteiger partial charge in [-0.25, -0.2) is 13.1 Å². The first-order chi connectivity index (χ1) is 8.85. The Morgan fingerprint density at radius 3 is 2.25 bits per heavy atom. The third kappa shape index (κ3) is 3.95. The quantitative estimate of drug-likeness (QED) is 0.671. The average molecular weight is 322 g/mol. The molecule has 0 aliphatic heterocycles. The number of hydrogen-bond acceptors (Lipinski definition) is 7. The first-order valence-electron chi connectivity index (χ1n) is 5.72. The van der Waals surface area contributed by atoms with E-state index in [2.05, 4.69) is 20.2 Å². The highest BCUT2D eigenvalue weighted by Crippen LogP contribution is 2.25. The van der Waals surface area contributed by atoms with Crippen LogP contribution in [0, 0.1) is 0 Å². The molecule has 0 fully saturated rings. The molecular formula is C10H18N4O4S2. The van der Waals surface area contributed by atoms with Crippen LogP contribution in [0.1, 0.15) is 34.6 Å². The molecule has 0 aromatic carbocycles. The normalized spacial score (nSPS) is 13.3. The van der Waals surface area contributed by atoms with Gasteiger partial charge >= 0.3 is 0 Å². The van der Waals surface area contributed by atoms with Gasteiger partial charge in [0.2, 0.25) is 15.4 Å². The Morgan fingerprint density at radius 1 is 1.25 bits per heavy atom. The fourth-order valence-corrected chi connectivity index (χ4v) is 3.51. The van der Waals surface area contributed by atoms with Gasteiger partial charge in [-0.2, -0.15) is 0 Å². The fourth-order valence-electron chi connectivity index (χ4n) is 1.02. The lowest BCUT2D eigenvalue weighted by Gasteiger charge is -2.37. The number of nitrogens with one attached hydrogen (secondary N) is 2. The Balaban J connectivity index is 3.00. The molecule has 1 heterocycles. The van der Waals surface area contributed by atoms with Crippen LogP contribution in [-0.4, -0.2) is 40.8 Å². The number of rotatable bonds is 5. The Kier molecular flexibility index (Phi) is 4.54. The predicted molar refractivity (Wildman–Crippen MR) is 74.9 cm³/mol. The lowest BCUT2D eigenvalue weighted by atomic mass is 9.87. The molecule has 0 atom stereocenters. The predicted octanol–water partition coefficient (Wildman–Crippen LogP) is 0.324. The van der Waals surface area contributed by atoms with Crippen LogP contribution in [0.4, 0.5) is 5.13 Å². The summed E-state index contributed by atoms with van der Waals surface area (Å²) in [4.78, 5) is 10.9. The van der Waals surface area contributed by atoms with Crippen LogP contribution in [0.3, 0.4) is 0 Å². The van der Waals surface area contributed by atoms with Gasteiger partial charge in [0.25, 0.3) is 10.0 Å². The maximum atomic E-state index is 12.2. The number of hydrogen-bond donors (Lipinski definition) is 3. The third-order valence-electron chi connectivity index (χ3n) is 2.84. The molecule has 1 aromatic rings. The van der Waals surface area contributed by atoms with E-state index in [9.17, 15) is 18.3 Å². The van der Waals surface area contributed by atoms with Gasteiger partial charge in [-0.15, -0.1) is 10.2 Å². The highest BCUT2D eigenvalue weighted by molar-refractivity contribution is 7.91. The summed E-state index contributed by atoms with van der Waals surface area (Å²) in [5, 5.41) is 19.5. The summed E-state index contributed by atoms with van der Waals surface area (Å²) >= 11 is 0.733. The van der Waals surface area contributed by atoms with Gasteiger partial charge in [0.15, 0.2) is 0 Å². The molecule has 1 aromatic heterocycles. The van der Waals surface area contributed by atoms with Crippen molar-refractivity contribution in [3.05, 3.63) is 0 Å². The molecule has 8 nitrogen and oxygen atoms in total. The van der Waals surface area contributed by atoms with Gasteiger partial charge in [0.05, 0.1) is 11.1 Å². The molecular weight excluding hydrogens is 304 g/mol. The monoisotopic (exact) mass is 322 g/mol. The molecule has 0 saturated carbocycles. The van der Waals surface area contributed by atoms with Crippen molar-refractivity contribution in [1.82, 2.24) is 14.9 Å². The van der Waals surface area contributed by atoms with E-state index in [0.29, 0.717) is 0 Å². The second kappa shape index (κ2) is 5.35. The van der Waals surface area contributed by atoms with Crippen molar-refractivity contribution < 1.29 is 18.3 Å². The lowest BCUT2D eigenvalue weighted by molar-refractivity contribution is -0.114. The van der Waals surface area contributed by atoms with Crippen molar-refractivity contribution in [3.63, 3.8) is 0 Å². The van der Waals surface area contributed by atoms with Gasteiger partial charge in [0.1, 0.15) is 0 Å². The zero-order chi connectivity index (χ0) is 15.8. The SMILES string of the molecule is CC(=O)Nc1nnc(S(=O)(=O)NC(C)(C)C(C)(C)O)s1. The summed E-state index contributed by atoms with van der Waals surface area (Å²) in [5.74, 6) is -0.366. The van der Waals surface area contributed by atoms with Crippen LogP contribution in [0.15, 0.2) is 4.34 Å². The van der Waals surface area contributed by atoms with Crippen molar-refractivity contribution in [2.24, 2.45) is 0 Å². The van der Waals surface area contributed by atoms with Crippen LogP contribution < -0.4 is 10.0 Å². The van der Waals surface area contributed by atoms with Crippen molar-refractivity contribution in [2.75, 3.05) is 5.32 Å². The summed E-state index contributed by atoms with van der Waals surface area (Å²) in [6.07, 6.45) is 0. The number of carbonyl (C=O) groups is 1. The number of aromatic nitrogens is 2. The van der Waals surface area contributed by atoms with Crippen LogP contribution in [0.25, 0.3) is 0 Å². The number of amides is 1. The Bertz CT molecular complexity index is 601. The molecule has 114 valence electrons. The average Bonchev–Trinajstić information content (AvgIpc) is 2.62. The van der Waals surface area contributed by atoms with Gasteiger partial charge in [-0.05, 0) is 27.7 Å². The topological polar surface area (TPSA) is 121 Å². The first kappa shape index (κ1) is 17.0. The zero-order valence-corrected chi connectivity index (χ0v) is 13.5. The van der Waals surface area contributed by atoms with E-state index < -0.39 is 21.2 Å². The summed E-state index contributed by atoms with van der Waals surface area (Å²) in [7, 11) is -3.93. The second-order valence-corrected chi connectivity index (χ2v) is 8.18. The minimum Gasteiger partial charge on any atom is -0.389 e. The number of nitrogens with zero attached hydrogens (tertiary/aromatic N) is 2. The molecule has 0 aliphatic carbocycles. The molecule has 0 saturated heterocycles. The van der Waals surface area contributed by atoms with E-state index in [4.69, 9.17) is 0 Å². The lowest BCUT2D eigenvalue weighted by Crippen LogP contribution is -2.57. The molecule has 0 radical (unpaired) electrons. The van der Waals surface area contributed by atoms with E-state index in [1.165, 1.54) is 20.8 Å². The molecule has 1 amide bonds. The van der Waals surface area contributed by atoms with Gasteiger partial charge in [-0.1, -0.05) is 11.3 Å². The largest absolute Gasteiger partial charge is 0.389 e. The molecule has 1 rings (SSSR count). The van der Waals surface area contributed by atoms with E-state index in [1.807, 2.05) is 0 Å². The highest BCUT2D eigenvalue weighted by atomic mass is 32.2. The summed E-state index contributed by atoms with van der Waals surface area (Å²) in [5.41, 5.74) is -2.38. The molecule has 0 bridgehead atoms. The Labute approximate surface area is 121 Å². The smallest absolute Gasteiger partial charge is 0.270 e. The maximum Gasteiger partial charge on any atom is 0.270 e. The van der Waals surface area contributed by atoms with Crippen molar-refractivity contribution in [3.8, 4) is 0 Å². The number of aliphatic hydroxyl groups is 1. The van der Waals surface area contributed by atoms with Crippen LogP contribution in [-0.2, 0) is 14.8 Å². The summed E-state index contributed by atoms with van der Waals surface area (Å²) in [6.45, 7) is 7.39. The summed E-state index contributed by atoms with van der Waals surface area (Å²) in [6, 6.07) is 0. The van der Waals surface area contributed by atoms with Gasteiger partial charge in [-0.3, -0.25) is 4.79 Å². The standard InChI is InChI=1S/C10H18N4O4S2/c1-6(15)11-7-12-13-8(19-7)20(17,18)14-9(2,3)10(4,5)16/h14,16H,1-5H3,(H,11,12,15). The number of sulfonamides is 1. The molecule has 0 spiro atoms. The first-order valence-corrected chi connectivity index (χ1v) is 8.02. The van der Waals surface area contributed by atoms with Crippen molar-refractivity contribution in [1.29, 1.82) is 0 Å². The van der Waals surface area contributed by atoms with Crippen LogP contribution >= 0.6 is 11.3 Å². The zero-order valence-electron chi connectivity index (χ0n) is 11.9. The van der Waals surface area contributed by atoms with E-state index in [0.717, 1.165) is 11.3 Å². The van der Waals surface area contributed by atoms with E-state index in [1.54, 1.807) is 13.8 Å². The Morgan fingerprint density at radius 2 is 1.80 bits per heavy atom. The second-order valence-electron chi connectivity index (χ2n) is 5.34. The van der Waals surface area contributed by atoms with Crippen LogP contribution in [0.2, 0.25) is 0 Å². The van der Waals surface area contributed by atoms with E-state index in [-0.39, 0.29) is 15.4 Å². The fraction of sp³-hybridized carbons (Fsp3) is 0.700. The third-order valence-corrected chi connectivity index (χ3v) is 5.70. The molecule has 3 N–H and O–H groups in total. The van der Waals surface area contributed by atoms with Crippen LogP contribution in [0.5, 0.6) is 0 Å². The number of carbonyl (C=O) groups excluding carboxylic acids is 1. The molecule has 0 aliphatic rings. The summed E-state index contributed by atoms with van der Waals surface area (Å²) < 4.78 is 26.4. The minimum atomic E-state index is -3.93. The van der Waals surface area contributed by atoms with Gasteiger partial charge in [0, 0.05) is 6.92 Å².